The van der Waals surface area contributed by atoms with Gasteiger partial charge in [0.15, 0.2) is 0 Å². The number of rotatable bonds is 6. The molecule has 0 aliphatic carbocycles. The van der Waals surface area contributed by atoms with E-state index in [0.29, 0.717) is 35.9 Å². The minimum Gasteiger partial charge on any atom is -0.444 e. The Kier molecular flexibility index (Phi) is 7.10. The van der Waals surface area contributed by atoms with Crippen molar-refractivity contribution >= 4 is 35.5 Å². The van der Waals surface area contributed by atoms with Crippen LogP contribution in [0.2, 0.25) is 0 Å². The summed E-state index contributed by atoms with van der Waals surface area (Å²) in [5.41, 5.74) is 5.90. The molecule has 0 spiro atoms. The van der Waals surface area contributed by atoms with Gasteiger partial charge >= 0.3 is 6.09 Å². The fourth-order valence-electron chi connectivity index (χ4n) is 3.34. The van der Waals surface area contributed by atoms with E-state index in [-0.39, 0.29) is 12.1 Å². The summed E-state index contributed by atoms with van der Waals surface area (Å²) >= 11 is 0. The van der Waals surface area contributed by atoms with E-state index in [4.69, 9.17) is 15.9 Å². The fraction of sp³-hybridized carbons (Fsp3) is 0.409. The van der Waals surface area contributed by atoms with Gasteiger partial charge in [0, 0.05) is 31.2 Å². The summed E-state index contributed by atoms with van der Waals surface area (Å²) in [7, 11) is 0. The molecule has 176 valence electrons. The van der Waals surface area contributed by atoms with E-state index in [2.05, 4.69) is 20.6 Å². The van der Waals surface area contributed by atoms with Crippen LogP contribution in [0, 0.1) is 5.41 Å². The van der Waals surface area contributed by atoms with Crippen molar-refractivity contribution in [1.29, 1.82) is 5.41 Å². The van der Waals surface area contributed by atoms with Crippen LogP contribution in [0.4, 0.5) is 26.5 Å². The van der Waals surface area contributed by atoms with Crippen molar-refractivity contribution in [2.24, 2.45) is 5.73 Å². The SMILES string of the molecule is CC(C)(C)OC(=O)N1CCC(Nc2cc(Nc3cc(C=N)ccn3)ncc2C(N)=O)C(F)C1. The molecule has 1 aliphatic rings. The van der Waals surface area contributed by atoms with Crippen LogP contribution < -0.4 is 16.4 Å². The predicted octanol–water partition coefficient (Wildman–Crippen LogP) is 3.08. The summed E-state index contributed by atoms with van der Waals surface area (Å²) in [6.07, 6.45) is 2.41. The molecule has 0 bridgehead atoms. The molecule has 2 aromatic rings. The molecule has 2 amide bonds. The highest BCUT2D eigenvalue weighted by Gasteiger charge is 2.34. The number of amides is 2. The van der Waals surface area contributed by atoms with E-state index in [1.165, 1.54) is 17.3 Å². The van der Waals surface area contributed by atoms with Crippen molar-refractivity contribution in [1.82, 2.24) is 14.9 Å². The van der Waals surface area contributed by atoms with Gasteiger partial charge in [-0.1, -0.05) is 0 Å². The number of likely N-dealkylation sites (tertiary alicyclic amines) is 1. The Bertz CT molecular complexity index is 1040. The second-order valence-electron chi connectivity index (χ2n) is 8.70. The topological polar surface area (TPSA) is 146 Å². The number of nitrogens with two attached hydrogens (primary N) is 1. The number of piperidine rings is 1. The van der Waals surface area contributed by atoms with Gasteiger partial charge in [-0.3, -0.25) is 4.79 Å². The van der Waals surface area contributed by atoms with Gasteiger partial charge < -0.3 is 31.4 Å². The second-order valence-corrected chi connectivity index (χ2v) is 8.70. The van der Waals surface area contributed by atoms with Crippen molar-refractivity contribution < 1.29 is 18.7 Å². The van der Waals surface area contributed by atoms with Crippen molar-refractivity contribution in [2.75, 3.05) is 23.7 Å². The average Bonchev–Trinajstić information content (AvgIpc) is 2.74. The van der Waals surface area contributed by atoms with Crippen LogP contribution in [0.3, 0.4) is 0 Å². The van der Waals surface area contributed by atoms with Gasteiger partial charge in [-0.15, -0.1) is 0 Å². The lowest BCUT2D eigenvalue weighted by Gasteiger charge is -2.36. The molecule has 0 aromatic carbocycles. The number of alkyl halides is 1. The van der Waals surface area contributed by atoms with E-state index < -0.39 is 29.8 Å². The molecule has 0 radical (unpaired) electrons. The van der Waals surface area contributed by atoms with E-state index in [9.17, 15) is 14.0 Å². The van der Waals surface area contributed by atoms with Crippen molar-refractivity contribution in [3.8, 4) is 0 Å². The number of pyridine rings is 2. The molecule has 1 saturated heterocycles. The number of nitrogens with zero attached hydrogens (tertiary/aromatic N) is 3. The molecule has 1 aliphatic heterocycles. The Morgan fingerprint density at radius 2 is 2.03 bits per heavy atom. The number of ether oxygens (including phenoxy) is 1. The van der Waals surface area contributed by atoms with E-state index in [0.717, 1.165) is 0 Å². The third kappa shape index (κ3) is 6.37. The molecule has 0 saturated carbocycles. The third-order valence-electron chi connectivity index (χ3n) is 4.91. The maximum atomic E-state index is 15.0. The Morgan fingerprint density at radius 1 is 1.30 bits per heavy atom. The van der Waals surface area contributed by atoms with E-state index in [1.54, 1.807) is 45.2 Å². The lowest BCUT2D eigenvalue weighted by molar-refractivity contribution is 0.0125. The first-order valence-electron chi connectivity index (χ1n) is 10.5. The highest BCUT2D eigenvalue weighted by atomic mass is 19.1. The Hall–Kier alpha value is -3.76. The maximum Gasteiger partial charge on any atom is 0.410 e. The van der Waals surface area contributed by atoms with Gasteiger partial charge in [-0.2, -0.15) is 0 Å². The van der Waals surface area contributed by atoms with E-state index >= 15 is 0 Å². The smallest absolute Gasteiger partial charge is 0.410 e. The van der Waals surface area contributed by atoms with Gasteiger partial charge in [0.2, 0.25) is 0 Å². The molecular formula is C22H28FN7O3. The highest BCUT2D eigenvalue weighted by molar-refractivity contribution is 5.98. The first kappa shape index (κ1) is 23.9. The van der Waals surface area contributed by atoms with Gasteiger partial charge in [0.25, 0.3) is 5.91 Å². The Labute approximate surface area is 191 Å². The summed E-state index contributed by atoms with van der Waals surface area (Å²) in [4.78, 5) is 33.8. The van der Waals surface area contributed by atoms with Gasteiger partial charge in [-0.05, 0) is 44.9 Å². The molecule has 2 unspecified atom stereocenters. The molecule has 2 atom stereocenters. The van der Waals surface area contributed by atoms with Gasteiger partial charge in [0.1, 0.15) is 23.4 Å². The number of hydrogen-bond acceptors (Lipinski definition) is 8. The number of anilines is 3. The number of carbonyl (C=O) groups is 2. The quantitative estimate of drug-likeness (QED) is 0.488. The molecule has 1 fully saturated rings. The summed E-state index contributed by atoms with van der Waals surface area (Å²) in [5.74, 6) is 0.108. The Balaban J connectivity index is 1.74. The number of aromatic nitrogens is 2. The van der Waals surface area contributed by atoms with Crippen LogP contribution in [0.15, 0.2) is 30.6 Å². The summed E-state index contributed by atoms with van der Waals surface area (Å²) < 4.78 is 20.3. The monoisotopic (exact) mass is 457 g/mol. The zero-order chi connectivity index (χ0) is 24.2. The number of halogens is 1. The van der Waals surface area contributed by atoms with Crippen molar-refractivity contribution in [2.45, 2.75) is 45.0 Å². The van der Waals surface area contributed by atoms with E-state index in [1.807, 2.05) is 0 Å². The zero-order valence-corrected chi connectivity index (χ0v) is 18.8. The molecule has 3 heterocycles. The lowest BCUT2D eigenvalue weighted by Crippen LogP contribution is -2.51. The fourth-order valence-corrected chi connectivity index (χ4v) is 3.34. The average molecular weight is 458 g/mol. The highest BCUT2D eigenvalue weighted by Crippen LogP contribution is 2.26. The molecule has 3 rings (SSSR count). The maximum absolute atomic E-state index is 15.0. The van der Waals surface area contributed by atoms with Crippen LogP contribution in [0.25, 0.3) is 0 Å². The Morgan fingerprint density at radius 3 is 2.67 bits per heavy atom. The zero-order valence-electron chi connectivity index (χ0n) is 18.8. The normalized spacial score (nSPS) is 18.4. The lowest BCUT2D eigenvalue weighted by atomic mass is 10.0. The first-order valence-corrected chi connectivity index (χ1v) is 10.5. The van der Waals surface area contributed by atoms with Crippen molar-refractivity contribution in [3.05, 3.63) is 41.7 Å². The summed E-state index contributed by atoms with van der Waals surface area (Å²) in [5, 5.41) is 13.4. The minimum absolute atomic E-state index is 0.114. The largest absolute Gasteiger partial charge is 0.444 e. The molecule has 11 heteroatoms. The van der Waals surface area contributed by atoms with Gasteiger partial charge in [-0.25, -0.2) is 19.2 Å². The van der Waals surface area contributed by atoms with Gasteiger partial charge in [0.05, 0.1) is 23.8 Å². The molecule has 5 N–H and O–H groups in total. The van der Waals surface area contributed by atoms with Crippen LogP contribution in [0.1, 0.15) is 43.1 Å². The van der Waals surface area contributed by atoms with Crippen LogP contribution >= 0.6 is 0 Å². The summed E-state index contributed by atoms with van der Waals surface area (Å²) in [6.45, 7) is 5.43. The molecule has 10 nitrogen and oxygen atoms in total. The standard InChI is InChI=1S/C22H28FN7O3/c1-22(2,3)33-21(32)30-7-5-16(15(23)12-30)28-17-9-19(27-11-14(17)20(25)31)29-18-8-13(10-24)4-6-26-18/h4,6,8-11,15-16,24H,5,7,12H2,1-3H3,(H2,25,31)(H2,26,27,28,29). The van der Waals surface area contributed by atoms with Crippen LogP contribution in [-0.2, 0) is 4.74 Å². The number of carbonyl (C=O) groups excluding carboxylic acids is 2. The molecule has 33 heavy (non-hydrogen) atoms. The molecule has 2 aromatic heterocycles. The van der Waals surface area contributed by atoms with Crippen molar-refractivity contribution in [3.63, 3.8) is 0 Å². The first-order chi connectivity index (χ1) is 15.6. The number of primary amides is 1. The number of nitrogens with one attached hydrogen (secondary N) is 3. The number of hydrogen-bond donors (Lipinski definition) is 4. The minimum atomic E-state index is -1.39. The summed E-state index contributed by atoms with van der Waals surface area (Å²) in [6, 6.07) is 4.25. The predicted molar refractivity (Wildman–Crippen MR) is 123 cm³/mol. The third-order valence-corrected chi connectivity index (χ3v) is 4.91. The van der Waals surface area contributed by atoms with Crippen LogP contribution in [0.5, 0.6) is 0 Å². The van der Waals surface area contributed by atoms with Crippen LogP contribution in [-0.4, -0.2) is 64.0 Å². The second kappa shape index (κ2) is 9.80. The molecular weight excluding hydrogens is 429 g/mol.